The summed E-state index contributed by atoms with van der Waals surface area (Å²) in [6.45, 7) is 0.656. The number of ether oxygens (including phenoxy) is 1. The van der Waals surface area contributed by atoms with E-state index in [2.05, 4.69) is 0 Å². The summed E-state index contributed by atoms with van der Waals surface area (Å²) in [5.74, 6) is -1.24. The summed E-state index contributed by atoms with van der Waals surface area (Å²) < 4.78 is 5.20. The average molecular weight is 340 g/mol. The molecular formula is C19H20N2O4. The summed E-state index contributed by atoms with van der Waals surface area (Å²) >= 11 is 0. The number of carbonyl (C=O) groups is 2. The number of rotatable bonds is 4. The highest BCUT2D eigenvalue weighted by atomic mass is 16.5. The minimum absolute atomic E-state index is 0.0531. The highest BCUT2D eigenvalue weighted by Crippen LogP contribution is 2.28. The summed E-state index contributed by atoms with van der Waals surface area (Å²) in [7, 11) is 1.90. The van der Waals surface area contributed by atoms with Crippen LogP contribution in [0.15, 0.2) is 54.6 Å². The summed E-state index contributed by atoms with van der Waals surface area (Å²) in [6, 6.07) is 17.1. The third-order valence-electron chi connectivity index (χ3n) is 4.27. The normalized spacial score (nSPS) is 17.2. The van der Waals surface area contributed by atoms with Crippen molar-refractivity contribution in [1.82, 2.24) is 4.90 Å². The molecule has 3 rings (SSSR count). The Balaban J connectivity index is 1.87. The highest BCUT2D eigenvalue weighted by Gasteiger charge is 2.30. The Morgan fingerprint density at radius 2 is 1.80 bits per heavy atom. The monoisotopic (exact) mass is 340 g/mol. The molecule has 6 nitrogen and oxygen atoms in total. The molecule has 1 N–H and O–H groups in total. The van der Waals surface area contributed by atoms with Gasteiger partial charge < -0.3 is 19.6 Å². The molecule has 1 fully saturated rings. The lowest BCUT2D eigenvalue weighted by Gasteiger charge is -2.32. The summed E-state index contributed by atoms with van der Waals surface area (Å²) in [5.41, 5.74) is 2.28. The zero-order chi connectivity index (χ0) is 17.8. The number of para-hydroxylation sites is 2. The molecule has 130 valence electrons. The molecule has 6 heteroatoms. The molecule has 1 atom stereocenters. The molecule has 1 aliphatic rings. The van der Waals surface area contributed by atoms with Gasteiger partial charge in [-0.15, -0.1) is 0 Å². The van der Waals surface area contributed by atoms with Crippen molar-refractivity contribution in [2.75, 3.05) is 31.6 Å². The zero-order valence-electron chi connectivity index (χ0n) is 14.0. The Morgan fingerprint density at radius 1 is 1.12 bits per heavy atom. The fraction of sp³-hybridized carbons (Fsp3) is 0.263. The first kappa shape index (κ1) is 17.0. The van der Waals surface area contributed by atoms with Crippen LogP contribution < -0.4 is 4.90 Å². The van der Waals surface area contributed by atoms with E-state index in [4.69, 9.17) is 9.84 Å². The SMILES string of the molecule is CN(c1ccccc1)c1ccccc1C(=O)N1CCO[C@H](C(=O)O)C1. The topological polar surface area (TPSA) is 70.1 Å². The first-order valence-corrected chi connectivity index (χ1v) is 8.09. The first-order valence-electron chi connectivity index (χ1n) is 8.09. The van der Waals surface area contributed by atoms with E-state index in [0.717, 1.165) is 11.4 Å². The molecule has 0 bridgehead atoms. The fourth-order valence-electron chi connectivity index (χ4n) is 2.89. The minimum atomic E-state index is -1.05. The molecular weight excluding hydrogens is 320 g/mol. The van der Waals surface area contributed by atoms with E-state index < -0.39 is 12.1 Å². The van der Waals surface area contributed by atoms with Crippen molar-refractivity contribution in [2.24, 2.45) is 0 Å². The molecule has 0 unspecified atom stereocenters. The van der Waals surface area contributed by atoms with E-state index in [9.17, 15) is 9.59 Å². The van der Waals surface area contributed by atoms with Crippen molar-refractivity contribution in [2.45, 2.75) is 6.10 Å². The number of hydrogen-bond acceptors (Lipinski definition) is 4. The van der Waals surface area contributed by atoms with Crippen LogP contribution in [0.2, 0.25) is 0 Å². The molecule has 0 spiro atoms. The summed E-state index contributed by atoms with van der Waals surface area (Å²) in [4.78, 5) is 27.6. The largest absolute Gasteiger partial charge is 0.479 e. The van der Waals surface area contributed by atoms with Gasteiger partial charge in [0.25, 0.3) is 5.91 Å². The smallest absolute Gasteiger partial charge is 0.334 e. The predicted molar refractivity (Wildman–Crippen MR) is 94.2 cm³/mol. The number of carboxylic acid groups (broad SMARTS) is 1. The van der Waals surface area contributed by atoms with Gasteiger partial charge in [0.15, 0.2) is 6.10 Å². The average Bonchev–Trinajstić information content (AvgIpc) is 2.67. The maximum absolute atomic E-state index is 13.0. The Bertz CT molecular complexity index is 763. The zero-order valence-corrected chi connectivity index (χ0v) is 14.0. The maximum Gasteiger partial charge on any atom is 0.334 e. The van der Waals surface area contributed by atoms with Crippen LogP contribution in [0.5, 0.6) is 0 Å². The molecule has 2 aromatic carbocycles. The van der Waals surface area contributed by atoms with Crippen molar-refractivity contribution in [1.29, 1.82) is 0 Å². The number of carbonyl (C=O) groups excluding carboxylic acids is 1. The van der Waals surface area contributed by atoms with Crippen molar-refractivity contribution < 1.29 is 19.4 Å². The Kier molecular flexibility index (Phi) is 5.00. The maximum atomic E-state index is 13.0. The van der Waals surface area contributed by atoms with Crippen molar-refractivity contribution in [3.63, 3.8) is 0 Å². The molecule has 1 amide bonds. The van der Waals surface area contributed by atoms with Crippen LogP contribution in [0.25, 0.3) is 0 Å². The summed E-state index contributed by atoms with van der Waals surface area (Å²) in [6.07, 6.45) is -0.975. The van der Waals surface area contributed by atoms with Gasteiger partial charge in [-0.2, -0.15) is 0 Å². The Hall–Kier alpha value is -2.86. The summed E-state index contributed by atoms with van der Waals surface area (Å²) in [5, 5.41) is 9.13. The lowest BCUT2D eigenvalue weighted by molar-refractivity contribution is -0.154. The van der Waals surface area contributed by atoms with Gasteiger partial charge in [0.05, 0.1) is 24.4 Å². The van der Waals surface area contributed by atoms with Crippen LogP contribution in [0.3, 0.4) is 0 Å². The van der Waals surface area contributed by atoms with Gasteiger partial charge in [0, 0.05) is 19.3 Å². The van der Waals surface area contributed by atoms with E-state index in [1.165, 1.54) is 0 Å². The molecule has 0 aliphatic carbocycles. The van der Waals surface area contributed by atoms with Crippen LogP contribution in [0.4, 0.5) is 11.4 Å². The molecule has 2 aromatic rings. The third-order valence-corrected chi connectivity index (χ3v) is 4.27. The second-order valence-electron chi connectivity index (χ2n) is 5.86. The molecule has 0 aromatic heterocycles. The van der Waals surface area contributed by atoms with Gasteiger partial charge in [-0.3, -0.25) is 4.79 Å². The molecule has 1 aliphatic heterocycles. The van der Waals surface area contributed by atoms with Crippen LogP contribution in [-0.4, -0.2) is 54.7 Å². The van der Waals surface area contributed by atoms with Crippen LogP contribution in [0.1, 0.15) is 10.4 Å². The molecule has 1 saturated heterocycles. The quantitative estimate of drug-likeness (QED) is 0.925. The van der Waals surface area contributed by atoms with E-state index in [-0.39, 0.29) is 19.1 Å². The van der Waals surface area contributed by atoms with E-state index in [0.29, 0.717) is 12.1 Å². The van der Waals surface area contributed by atoms with Gasteiger partial charge in [0.1, 0.15) is 0 Å². The van der Waals surface area contributed by atoms with Crippen LogP contribution >= 0.6 is 0 Å². The number of nitrogens with zero attached hydrogens (tertiary/aromatic N) is 2. The highest BCUT2D eigenvalue weighted by molar-refractivity contribution is 6.00. The molecule has 1 heterocycles. The van der Waals surface area contributed by atoms with Gasteiger partial charge in [0.2, 0.25) is 0 Å². The number of amides is 1. The number of benzene rings is 2. The number of aliphatic carboxylic acids is 1. The van der Waals surface area contributed by atoms with Gasteiger partial charge in [-0.25, -0.2) is 4.79 Å². The van der Waals surface area contributed by atoms with Crippen molar-refractivity contribution in [3.8, 4) is 0 Å². The molecule has 0 radical (unpaired) electrons. The van der Waals surface area contributed by atoms with Crippen molar-refractivity contribution in [3.05, 3.63) is 60.2 Å². The lowest BCUT2D eigenvalue weighted by atomic mass is 10.1. The van der Waals surface area contributed by atoms with Crippen LogP contribution in [0, 0.1) is 0 Å². The first-order chi connectivity index (χ1) is 12.1. The van der Waals surface area contributed by atoms with Crippen LogP contribution in [-0.2, 0) is 9.53 Å². The van der Waals surface area contributed by atoms with Crippen molar-refractivity contribution >= 4 is 23.3 Å². The number of morpholine rings is 1. The second kappa shape index (κ2) is 7.36. The Labute approximate surface area is 146 Å². The molecule has 0 saturated carbocycles. The predicted octanol–water partition coefficient (Wildman–Crippen LogP) is 2.38. The van der Waals surface area contributed by atoms with E-state index in [1.807, 2.05) is 60.5 Å². The number of carboxylic acids is 1. The van der Waals surface area contributed by atoms with E-state index >= 15 is 0 Å². The Morgan fingerprint density at radius 3 is 2.52 bits per heavy atom. The second-order valence-corrected chi connectivity index (χ2v) is 5.86. The van der Waals surface area contributed by atoms with Gasteiger partial charge in [-0.05, 0) is 24.3 Å². The molecule has 25 heavy (non-hydrogen) atoms. The fourth-order valence-corrected chi connectivity index (χ4v) is 2.89. The van der Waals surface area contributed by atoms with E-state index in [1.54, 1.807) is 11.0 Å². The van der Waals surface area contributed by atoms with Gasteiger partial charge in [-0.1, -0.05) is 30.3 Å². The number of hydrogen-bond donors (Lipinski definition) is 1. The number of anilines is 2. The minimum Gasteiger partial charge on any atom is -0.479 e. The third kappa shape index (κ3) is 3.64. The lowest BCUT2D eigenvalue weighted by Crippen LogP contribution is -2.48. The van der Waals surface area contributed by atoms with Gasteiger partial charge >= 0.3 is 5.97 Å². The standard InChI is InChI=1S/C19H20N2O4/c1-20(14-7-3-2-4-8-14)16-10-6-5-9-15(16)18(22)21-11-12-25-17(13-21)19(23)24/h2-10,17H,11-13H2,1H3,(H,23,24)/t17-/m0/s1.